The minimum atomic E-state index is -0.462. The molecule has 0 aliphatic rings. The van der Waals surface area contributed by atoms with Crippen LogP contribution in [0.3, 0.4) is 0 Å². The van der Waals surface area contributed by atoms with Crippen LogP contribution in [-0.2, 0) is 0 Å². The third kappa shape index (κ3) is 2.88. The van der Waals surface area contributed by atoms with E-state index in [9.17, 15) is 14.9 Å². The van der Waals surface area contributed by atoms with E-state index in [2.05, 4.69) is 0 Å². The fourth-order valence-corrected chi connectivity index (χ4v) is 2.87. The van der Waals surface area contributed by atoms with Crippen LogP contribution in [-0.4, -0.2) is 11.2 Å². The van der Waals surface area contributed by atoms with Gasteiger partial charge in [0.25, 0.3) is 5.69 Å². The Kier molecular flexibility index (Phi) is 4.20. The lowest BCUT2D eigenvalue weighted by Gasteiger charge is -2.07. The minimum absolute atomic E-state index is 0.0437. The summed E-state index contributed by atoms with van der Waals surface area (Å²) >= 11 is 1.24. The lowest BCUT2D eigenvalue weighted by Crippen LogP contribution is -1.95. The maximum absolute atomic E-state index is 11.1. The molecule has 0 unspecified atom stereocenters. The van der Waals surface area contributed by atoms with Gasteiger partial charge in [-0.3, -0.25) is 14.9 Å². The molecule has 2 aromatic rings. The molecule has 0 aliphatic carbocycles. The first-order chi connectivity index (χ1) is 9.52. The van der Waals surface area contributed by atoms with Crippen molar-refractivity contribution in [3.63, 3.8) is 0 Å². The Bertz CT molecular complexity index is 683. The number of hydrogen-bond donors (Lipinski definition) is 0. The van der Waals surface area contributed by atoms with Gasteiger partial charge in [0.15, 0.2) is 6.29 Å². The standard InChI is InChI=1S/C15H13NO3S/c1-10-6-7-13(8-11(10)2)20-15-12(9-17)4-3-5-14(15)16(18)19/h3-9H,1-2H3. The molecule has 5 heteroatoms. The summed E-state index contributed by atoms with van der Waals surface area (Å²) < 4.78 is 0. The molecule has 0 spiro atoms. The van der Waals surface area contributed by atoms with E-state index in [-0.39, 0.29) is 5.69 Å². The van der Waals surface area contributed by atoms with E-state index in [4.69, 9.17) is 0 Å². The second kappa shape index (κ2) is 5.88. The number of carbonyl (C=O) groups excluding carboxylic acids is 1. The molecule has 0 aromatic heterocycles. The Labute approximate surface area is 121 Å². The molecule has 4 nitrogen and oxygen atoms in total. The smallest absolute Gasteiger partial charge is 0.283 e. The third-order valence-electron chi connectivity index (χ3n) is 3.05. The molecule has 0 saturated heterocycles. The van der Waals surface area contributed by atoms with Crippen LogP contribution in [0.5, 0.6) is 0 Å². The summed E-state index contributed by atoms with van der Waals surface area (Å²) in [5, 5.41) is 11.1. The number of nitro benzene ring substituents is 1. The summed E-state index contributed by atoms with van der Waals surface area (Å²) in [5.41, 5.74) is 2.56. The highest BCUT2D eigenvalue weighted by atomic mass is 32.2. The van der Waals surface area contributed by atoms with Crippen molar-refractivity contribution < 1.29 is 9.72 Å². The molecule has 0 amide bonds. The summed E-state index contributed by atoms with van der Waals surface area (Å²) in [6, 6.07) is 10.3. The Morgan fingerprint density at radius 1 is 1.15 bits per heavy atom. The number of rotatable bonds is 4. The van der Waals surface area contributed by atoms with E-state index in [0.717, 1.165) is 16.0 Å². The van der Waals surface area contributed by atoms with Crippen LogP contribution >= 0.6 is 11.8 Å². The average Bonchev–Trinajstić information content (AvgIpc) is 2.43. The van der Waals surface area contributed by atoms with Gasteiger partial charge in [0.1, 0.15) is 4.90 Å². The van der Waals surface area contributed by atoms with Crippen molar-refractivity contribution in [2.75, 3.05) is 0 Å². The Hall–Kier alpha value is -2.14. The minimum Gasteiger partial charge on any atom is -0.298 e. The topological polar surface area (TPSA) is 60.2 Å². The van der Waals surface area contributed by atoms with E-state index in [0.29, 0.717) is 16.7 Å². The van der Waals surface area contributed by atoms with Gasteiger partial charge in [-0.25, -0.2) is 0 Å². The Morgan fingerprint density at radius 3 is 2.50 bits per heavy atom. The van der Waals surface area contributed by atoms with Gasteiger partial charge in [0.2, 0.25) is 0 Å². The molecule has 0 heterocycles. The zero-order valence-corrected chi connectivity index (χ0v) is 11.9. The molecule has 0 saturated carbocycles. The summed E-state index contributed by atoms with van der Waals surface area (Å²) in [6.45, 7) is 3.99. The second-order valence-corrected chi connectivity index (χ2v) is 5.50. The number of benzene rings is 2. The largest absolute Gasteiger partial charge is 0.298 e. The maximum atomic E-state index is 11.1. The molecule has 102 valence electrons. The molecule has 0 N–H and O–H groups in total. The molecule has 0 radical (unpaired) electrons. The van der Waals surface area contributed by atoms with Crippen LogP contribution in [0.15, 0.2) is 46.2 Å². The van der Waals surface area contributed by atoms with E-state index < -0.39 is 4.92 Å². The van der Waals surface area contributed by atoms with E-state index in [1.54, 1.807) is 6.07 Å². The van der Waals surface area contributed by atoms with Crippen molar-refractivity contribution in [3.8, 4) is 0 Å². The summed E-state index contributed by atoms with van der Waals surface area (Å²) in [6.07, 6.45) is 0.649. The van der Waals surface area contributed by atoms with Gasteiger partial charge in [-0.05, 0) is 37.1 Å². The van der Waals surface area contributed by atoms with E-state index in [1.807, 2.05) is 32.0 Å². The molecular formula is C15H13NO3S. The monoisotopic (exact) mass is 287 g/mol. The van der Waals surface area contributed by atoms with Crippen LogP contribution < -0.4 is 0 Å². The molecule has 0 atom stereocenters. The van der Waals surface area contributed by atoms with Crippen LogP contribution in [0.2, 0.25) is 0 Å². The first-order valence-corrected chi connectivity index (χ1v) is 6.82. The van der Waals surface area contributed by atoms with Crippen LogP contribution in [0.1, 0.15) is 21.5 Å². The number of hydrogen-bond acceptors (Lipinski definition) is 4. The highest BCUT2D eigenvalue weighted by Gasteiger charge is 2.18. The fourth-order valence-electron chi connectivity index (χ4n) is 1.79. The van der Waals surface area contributed by atoms with Crippen molar-refractivity contribution in [3.05, 3.63) is 63.2 Å². The molecule has 0 fully saturated rings. The van der Waals surface area contributed by atoms with Crippen molar-refractivity contribution in [1.29, 1.82) is 0 Å². The predicted molar refractivity (Wildman–Crippen MR) is 78.5 cm³/mol. The highest BCUT2D eigenvalue weighted by Crippen LogP contribution is 2.37. The zero-order valence-electron chi connectivity index (χ0n) is 11.1. The number of carbonyl (C=O) groups is 1. The van der Waals surface area contributed by atoms with Crippen LogP contribution in [0, 0.1) is 24.0 Å². The molecule has 0 bridgehead atoms. The van der Waals surface area contributed by atoms with Crippen molar-refractivity contribution >= 4 is 23.7 Å². The van der Waals surface area contributed by atoms with Gasteiger partial charge in [-0.2, -0.15) is 0 Å². The summed E-state index contributed by atoms with van der Waals surface area (Å²) in [4.78, 5) is 23.0. The SMILES string of the molecule is Cc1ccc(Sc2c(C=O)cccc2[N+](=O)[O-])cc1C. The van der Waals surface area contributed by atoms with Crippen LogP contribution in [0.4, 0.5) is 5.69 Å². The number of nitrogens with zero attached hydrogens (tertiary/aromatic N) is 1. The first kappa shape index (κ1) is 14.3. The number of aldehydes is 1. The van der Waals surface area contributed by atoms with E-state index in [1.165, 1.54) is 23.9 Å². The van der Waals surface area contributed by atoms with Gasteiger partial charge < -0.3 is 0 Å². The van der Waals surface area contributed by atoms with Crippen molar-refractivity contribution in [1.82, 2.24) is 0 Å². The normalized spacial score (nSPS) is 10.3. The Morgan fingerprint density at radius 2 is 1.90 bits per heavy atom. The second-order valence-electron chi connectivity index (χ2n) is 4.42. The molecule has 0 aliphatic heterocycles. The van der Waals surface area contributed by atoms with Gasteiger partial charge in [0, 0.05) is 16.5 Å². The van der Waals surface area contributed by atoms with Gasteiger partial charge in [0.05, 0.1) is 4.92 Å². The highest BCUT2D eigenvalue weighted by molar-refractivity contribution is 7.99. The predicted octanol–water partition coefficient (Wildman–Crippen LogP) is 4.18. The number of nitro groups is 1. The Balaban J connectivity index is 2.48. The van der Waals surface area contributed by atoms with Gasteiger partial charge in [-0.1, -0.05) is 30.0 Å². The lowest BCUT2D eigenvalue weighted by atomic mass is 10.1. The van der Waals surface area contributed by atoms with Crippen molar-refractivity contribution in [2.45, 2.75) is 23.6 Å². The molecular weight excluding hydrogens is 274 g/mol. The molecule has 2 rings (SSSR count). The number of aryl methyl sites for hydroxylation is 2. The summed E-state index contributed by atoms with van der Waals surface area (Å²) in [7, 11) is 0. The van der Waals surface area contributed by atoms with Gasteiger partial charge >= 0.3 is 0 Å². The molecule has 20 heavy (non-hydrogen) atoms. The lowest BCUT2D eigenvalue weighted by molar-refractivity contribution is -0.387. The van der Waals surface area contributed by atoms with E-state index >= 15 is 0 Å². The fraction of sp³-hybridized carbons (Fsp3) is 0.133. The summed E-state index contributed by atoms with van der Waals surface area (Å²) in [5.74, 6) is 0. The maximum Gasteiger partial charge on any atom is 0.283 e. The van der Waals surface area contributed by atoms with Crippen LogP contribution in [0.25, 0.3) is 0 Å². The van der Waals surface area contributed by atoms with Gasteiger partial charge in [-0.15, -0.1) is 0 Å². The third-order valence-corrected chi connectivity index (χ3v) is 4.19. The quantitative estimate of drug-likeness (QED) is 0.481. The average molecular weight is 287 g/mol. The zero-order chi connectivity index (χ0) is 14.7. The van der Waals surface area contributed by atoms with Crippen molar-refractivity contribution in [2.24, 2.45) is 0 Å². The molecule has 2 aromatic carbocycles. The first-order valence-electron chi connectivity index (χ1n) is 6.00.